The number of hydrogen-bond acceptors (Lipinski definition) is 3. The van der Waals surface area contributed by atoms with Crippen LogP contribution in [0.1, 0.15) is 0 Å². The molecule has 1 N–H and O–H groups in total. The molecule has 0 aliphatic carbocycles. The molecule has 0 radical (unpaired) electrons. The lowest BCUT2D eigenvalue weighted by atomic mass is 10.6. The van der Waals surface area contributed by atoms with Crippen LogP contribution in [-0.4, -0.2) is 9.55 Å². The third kappa shape index (κ3) is 0.621. The Morgan fingerprint density at radius 1 is 1.60 bits per heavy atom. The van der Waals surface area contributed by atoms with E-state index in [1.54, 1.807) is 24.7 Å². The highest BCUT2D eigenvalue weighted by molar-refractivity contribution is 5.44. The van der Waals surface area contributed by atoms with Crippen LogP contribution in [0.25, 0.3) is 6.20 Å². The van der Waals surface area contributed by atoms with Crippen LogP contribution in [0.2, 0.25) is 0 Å². The van der Waals surface area contributed by atoms with Gasteiger partial charge in [0.2, 0.25) is 0 Å². The smallest absolute Gasteiger partial charge is 0.345 e. The monoisotopic (exact) mass is 135 g/mol. The van der Waals surface area contributed by atoms with E-state index in [0.717, 1.165) is 0 Å². The Morgan fingerprint density at radius 3 is 3.30 bits per heavy atom. The highest BCUT2D eigenvalue weighted by Gasteiger charge is 1.98. The Bertz CT molecular complexity index is 339. The van der Waals surface area contributed by atoms with Gasteiger partial charge in [-0.05, 0) is 6.07 Å². The Labute approximate surface area is 56.8 Å². The quantitative estimate of drug-likeness (QED) is 0.548. The normalized spacial score (nSPS) is 12.8. The Kier molecular flexibility index (Phi) is 0.887. The Morgan fingerprint density at radius 2 is 2.50 bits per heavy atom. The SMILES string of the molecule is O=c1nc2ccn1C=CN2. The van der Waals surface area contributed by atoms with Crippen molar-refractivity contribution in [3.05, 3.63) is 28.9 Å². The molecule has 0 amide bonds. The summed E-state index contributed by atoms with van der Waals surface area (Å²) in [6.45, 7) is 0. The maximum Gasteiger partial charge on any atom is 0.353 e. The molecule has 0 fully saturated rings. The molecule has 4 heteroatoms. The van der Waals surface area contributed by atoms with E-state index in [1.165, 1.54) is 4.57 Å². The lowest BCUT2D eigenvalue weighted by Crippen LogP contribution is -2.16. The molecule has 50 valence electrons. The second-order valence-electron chi connectivity index (χ2n) is 1.96. The van der Waals surface area contributed by atoms with Gasteiger partial charge >= 0.3 is 5.69 Å². The number of anilines is 1. The highest BCUT2D eigenvalue weighted by atomic mass is 16.1. The molecule has 3 heterocycles. The van der Waals surface area contributed by atoms with Crippen LogP contribution in [0.15, 0.2) is 23.3 Å². The fourth-order valence-electron chi connectivity index (χ4n) is 0.809. The molecule has 3 rings (SSSR count). The van der Waals surface area contributed by atoms with Crippen LogP contribution in [0.3, 0.4) is 0 Å². The molecule has 10 heavy (non-hydrogen) atoms. The lowest BCUT2D eigenvalue weighted by Gasteiger charge is -1.92. The van der Waals surface area contributed by atoms with E-state index >= 15 is 0 Å². The van der Waals surface area contributed by atoms with Gasteiger partial charge in [-0.3, -0.25) is 4.57 Å². The van der Waals surface area contributed by atoms with Crippen molar-refractivity contribution in [2.24, 2.45) is 0 Å². The largest absolute Gasteiger partial charge is 0.353 e. The summed E-state index contributed by atoms with van der Waals surface area (Å²) < 4.78 is 1.41. The minimum Gasteiger partial charge on any atom is -0.345 e. The maximum absolute atomic E-state index is 10.9. The van der Waals surface area contributed by atoms with Gasteiger partial charge in [0.15, 0.2) is 0 Å². The second-order valence-corrected chi connectivity index (χ2v) is 1.96. The standard InChI is InChI=1S/C6H5N3O/c10-6-8-5-1-3-9(6)4-2-7-5/h1-4H,(H,7,8,10). The summed E-state index contributed by atoms with van der Waals surface area (Å²) >= 11 is 0. The summed E-state index contributed by atoms with van der Waals surface area (Å²) in [6, 6.07) is 1.74. The van der Waals surface area contributed by atoms with Crippen molar-refractivity contribution in [1.82, 2.24) is 9.55 Å². The van der Waals surface area contributed by atoms with Gasteiger partial charge in [0.1, 0.15) is 5.82 Å². The minimum absolute atomic E-state index is 0.251. The molecule has 0 saturated carbocycles. The number of aromatic nitrogens is 2. The predicted molar refractivity (Wildman–Crippen MR) is 37.4 cm³/mol. The third-order valence-corrected chi connectivity index (χ3v) is 1.30. The summed E-state index contributed by atoms with van der Waals surface area (Å²) in [4.78, 5) is 14.6. The highest BCUT2D eigenvalue weighted by Crippen LogP contribution is 2.00. The number of rotatable bonds is 0. The average Bonchev–Trinajstić information content (AvgIpc) is 2.20. The minimum atomic E-state index is -0.251. The average molecular weight is 135 g/mol. The van der Waals surface area contributed by atoms with Crippen molar-refractivity contribution in [2.45, 2.75) is 0 Å². The fourth-order valence-corrected chi connectivity index (χ4v) is 0.809. The summed E-state index contributed by atoms with van der Waals surface area (Å²) in [5.74, 6) is 0.593. The van der Waals surface area contributed by atoms with E-state index in [9.17, 15) is 4.79 Å². The summed E-state index contributed by atoms with van der Waals surface area (Å²) in [5, 5.41) is 2.82. The Hall–Kier alpha value is -1.58. The van der Waals surface area contributed by atoms with Crippen molar-refractivity contribution >= 4 is 12.0 Å². The first kappa shape index (κ1) is 5.22. The van der Waals surface area contributed by atoms with E-state index in [-0.39, 0.29) is 5.69 Å². The van der Waals surface area contributed by atoms with E-state index in [0.29, 0.717) is 5.82 Å². The molecule has 1 aromatic rings. The first-order chi connectivity index (χ1) is 4.86. The Balaban J connectivity index is 2.83. The lowest BCUT2D eigenvalue weighted by molar-refractivity contribution is 0.977. The summed E-state index contributed by atoms with van der Waals surface area (Å²) in [7, 11) is 0. The molecule has 0 saturated heterocycles. The van der Waals surface area contributed by atoms with Crippen molar-refractivity contribution in [3.8, 4) is 0 Å². The summed E-state index contributed by atoms with van der Waals surface area (Å²) in [5.41, 5.74) is -0.251. The topological polar surface area (TPSA) is 46.9 Å². The van der Waals surface area contributed by atoms with Crippen molar-refractivity contribution in [2.75, 3.05) is 5.32 Å². The molecule has 2 aliphatic rings. The molecular formula is C6H5N3O. The molecule has 0 atom stereocenters. The third-order valence-electron chi connectivity index (χ3n) is 1.30. The number of hydrogen-bond donors (Lipinski definition) is 1. The van der Waals surface area contributed by atoms with Gasteiger partial charge in [0.05, 0.1) is 0 Å². The molecular weight excluding hydrogens is 130 g/mol. The van der Waals surface area contributed by atoms with E-state index in [4.69, 9.17) is 0 Å². The second kappa shape index (κ2) is 1.70. The van der Waals surface area contributed by atoms with E-state index in [1.807, 2.05) is 0 Å². The van der Waals surface area contributed by atoms with Gasteiger partial charge in [0, 0.05) is 18.6 Å². The van der Waals surface area contributed by atoms with Crippen LogP contribution in [0.4, 0.5) is 5.82 Å². The first-order valence-corrected chi connectivity index (χ1v) is 2.89. The van der Waals surface area contributed by atoms with Gasteiger partial charge in [-0.15, -0.1) is 0 Å². The van der Waals surface area contributed by atoms with Crippen molar-refractivity contribution < 1.29 is 0 Å². The van der Waals surface area contributed by atoms with Gasteiger partial charge in [-0.25, -0.2) is 4.79 Å². The van der Waals surface area contributed by atoms with Gasteiger partial charge in [-0.1, -0.05) is 0 Å². The molecule has 0 spiro atoms. The zero-order valence-electron chi connectivity index (χ0n) is 5.11. The van der Waals surface area contributed by atoms with Crippen LogP contribution < -0.4 is 11.0 Å². The molecule has 2 aliphatic heterocycles. The number of fused-ring (bicyclic) bond motifs is 3. The molecule has 4 nitrogen and oxygen atoms in total. The van der Waals surface area contributed by atoms with Crippen molar-refractivity contribution in [3.63, 3.8) is 0 Å². The molecule has 2 bridgehead atoms. The maximum atomic E-state index is 10.9. The number of nitrogens with zero attached hydrogens (tertiary/aromatic N) is 2. The van der Waals surface area contributed by atoms with E-state index in [2.05, 4.69) is 10.3 Å². The van der Waals surface area contributed by atoms with Crippen LogP contribution in [-0.2, 0) is 0 Å². The van der Waals surface area contributed by atoms with Crippen molar-refractivity contribution in [1.29, 1.82) is 0 Å². The predicted octanol–water partition coefficient (Wildman–Crippen LogP) is 0.0970. The van der Waals surface area contributed by atoms with Crippen LogP contribution in [0, 0.1) is 0 Å². The molecule has 0 unspecified atom stereocenters. The fraction of sp³-hybridized carbons (Fsp3) is 0. The molecule has 0 aromatic carbocycles. The summed E-state index contributed by atoms with van der Waals surface area (Å²) in [6.07, 6.45) is 4.97. The van der Waals surface area contributed by atoms with Crippen LogP contribution >= 0.6 is 0 Å². The molecule has 1 aromatic heterocycles. The number of nitrogens with one attached hydrogen (secondary N) is 1. The van der Waals surface area contributed by atoms with Crippen LogP contribution in [0.5, 0.6) is 0 Å². The van der Waals surface area contributed by atoms with Gasteiger partial charge in [-0.2, -0.15) is 4.98 Å². The first-order valence-electron chi connectivity index (χ1n) is 2.89. The van der Waals surface area contributed by atoms with Gasteiger partial charge in [0.25, 0.3) is 0 Å². The van der Waals surface area contributed by atoms with Gasteiger partial charge < -0.3 is 5.32 Å². The zero-order chi connectivity index (χ0) is 6.97. The van der Waals surface area contributed by atoms with E-state index < -0.39 is 0 Å². The zero-order valence-corrected chi connectivity index (χ0v) is 5.11.